The number of aromatic nitrogens is 1. The maximum atomic E-state index is 13.6. The smallest absolute Gasteiger partial charge is 0.357 e. The molecule has 0 atom stereocenters. The third kappa shape index (κ3) is 2.29. The summed E-state index contributed by atoms with van der Waals surface area (Å²) >= 11 is 4.08. The highest BCUT2D eigenvalue weighted by Gasteiger charge is 2.17. The van der Waals surface area contributed by atoms with Crippen molar-refractivity contribution in [1.29, 1.82) is 0 Å². The Morgan fingerprint density at radius 2 is 2.24 bits per heavy atom. The normalized spacial score (nSPS) is 10.5. The van der Waals surface area contributed by atoms with E-state index in [4.69, 9.17) is 10.8 Å². The van der Waals surface area contributed by atoms with Gasteiger partial charge in [-0.25, -0.2) is 14.2 Å². The van der Waals surface area contributed by atoms with E-state index in [-0.39, 0.29) is 21.3 Å². The Bertz CT molecular complexity index is 600. The first-order chi connectivity index (χ1) is 7.99. The second-order valence-corrected chi connectivity index (χ2v) is 5.11. The molecule has 0 aliphatic rings. The molecule has 17 heavy (non-hydrogen) atoms. The van der Waals surface area contributed by atoms with Crippen LogP contribution in [0.3, 0.4) is 0 Å². The standard InChI is InChI=1S/C10H6BrFN2O2S/c11-4-1-2-5(6(12)3-4)9-14-7(10(15)16)8(13)17-9/h1-3H,13H2,(H,15,16). The van der Waals surface area contributed by atoms with Gasteiger partial charge in [0.05, 0.1) is 0 Å². The van der Waals surface area contributed by atoms with Gasteiger partial charge in [0.1, 0.15) is 15.8 Å². The molecule has 0 bridgehead atoms. The molecule has 2 rings (SSSR count). The molecule has 1 aromatic heterocycles. The van der Waals surface area contributed by atoms with E-state index in [9.17, 15) is 9.18 Å². The lowest BCUT2D eigenvalue weighted by Crippen LogP contribution is -2.00. The molecule has 0 radical (unpaired) electrons. The van der Waals surface area contributed by atoms with Crippen LogP contribution in [0.5, 0.6) is 0 Å². The lowest BCUT2D eigenvalue weighted by molar-refractivity contribution is 0.0692. The number of nitrogen functional groups attached to an aromatic ring is 1. The minimum atomic E-state index is -1.22. The quantitative estimate of drug-likeness (QED) is 0.893. The topological polar surface area (TPSA) is 76.2 Å². The minimum Gasteiger partial charge on any atom is -0.476 e. The van der Waals surface area contributed by atoms with E-state index in [1.807, 2.05) is 0 Å². The van der Waals surface area contributed by atoms with Gasteiger partial charge in [0.2, 0.25) is 0 Å². The molecule has 0 saturated heterocycles. The summed E-state index contributed by atoms with van der Waals surface area (Å²) in [5, 5.41) is 9.12. The lowest BCUT2D eigenvalue weighted by Gasteiger charge is -1.98. The zero-order chi connectivity index (χ0) is 12.6. The Morgan fingerprint density at radius 3 is 2.76 bits per heavy atom. The van der Waals surface area contributed by atoms with Gasteiger partial charge in [-0.15, -0.1) is 0 Å². The van der Waals surface area contributed by atoms with Crippen molar-refractivity contribution in [1.82, 2.24) is 4.98 Å². The number of rotatable bonds is 2. The Morgan fingerprint density at radius 1 is 1.53 bits per heavy atom. The van der Waals surface area contributed by atoms with Crippen molar-refractivity contribution in [2.24, 2.45) is 0 Å². The lowest BCUT2D eigenvalue weighted by atomic mass is 10.2. The second kappa shape index (κ2) is 4.42. The zero-order valence-corrected chi connectivity index (χ0v) is 10.7. The Labute approximate surface area is 108 Å². The van der Waals surface area contributed by atoms with Crippen molar-refractivity contribution < 1.29 is 14.3 Å². The van der Waals surface area contributed by atoms with Gasteiger partial charge in [0.15, 0.2) is 5.69 Å². The van der Waals surface area contributed by atoms with E-state index in [1.165, 1.54) is 12.1 Å². The molecular weight excluding hydrogens is 311 g/mol. The molecule has 1 aromatic carbocycles. The molecule has 0 aliphatic heterocycles. The highest BCUT2D eigenvalue weighted by Crippen LogP contribution is 2.32. The van der Waals surface area contributed by atoms with Gasteiger partial charge in [0, 0.05) is 10.0 Å². The van der Waals surface area contributed by atoms with Crippen LogP contribution in [-0.2, 0) is 0 Å². The number of aromatic carboxylic acids is 1. The number of nitrogens with zero attached hydrogens (tertiary/aromatic N) is 1. The van der Waals surface area contributed by atoms with Gasteiger partial charge in [-0.1, -0.05) is 27.3 Å². The number of carboxylic acids is 1. The molecule has 0 unspecified atom stereocenters. The Balaban J connectivity index is 2.53. The van der Waals surface area contributed by atoms with Crippen molar-refractivity contribution in [2.45, 2.75) is 0 Å². The van der Waals surface area contributed by atoms with Crippen molar-refractivity contribution in [3.8, 4) is 10.6 Å². The fourth-order valence-electron chi connectivity index (χ4n) is 1.26. The van der Waals surface area contributed by atoms with Gasteiger partial charge in [-0.2, -0.15) is 0 Å². The molecule has 2 aromatic rings. The van der Waals surface area contributed by atoms with E-state index in [0.717, 1.165) is 11.3 Å². The number of halogens is 2. The van der Waals surface area contributed by atoms with E-state index in [0.29, 0.717) is 4.47 Å². The number of thiazole rings is 1. The molecule has 4 nitrogen and oxygen atoms in total. The van der Waals surface area contributed by atoms with E-state index >= 15 is 0 Å². The van der Waals surface area contributed by atoms with E-state index < -0.39 is 11.8 Å². The fourth-order valence-corrected chi connectivity index (χ4v) is 2.45. The number of anilines is 1. The molecule has 3 N–H and O–H groups in total. The number of hydrogen-bond acceptors (Lipinski definition) is 4. The summed E-state index contributed by atoms with van der Waals surface area (Å²) in [6.07, 6.45) is 0. The van der Waals surface area contributed by atoms with Crippen molar-refractivity contribution in [3.63, 3.8) is 0 Å². The Kier molecular flexibility index (Phi) is 3.12. The molecule has 1 heterocycles. The molecule has 7 heteroatoms. The average Bonchev–Trinajstić information content (AvgIpc) is 2.60. The number of nitrogens with two attached hydrogens (primary N) is 1. The molecule has 0 amide bonds. The highest BCUT2D eigenvalue weighted by atomic mass is 79.9. The predicted molar refractivity (Wildman–Crippen MR) is 66.6 cm³/mol. The predicted octanol–water partition coefficient (Wildman–Crippen LogP) is 2.99. The van der Waals surface area contributed by atoms with Crippen molar-refractivity contribution in [3.05, 3.63) is 34.2 Å². The van der Waals surface area contributed by atoms with Gasteiger partial charge < -0.3 is 10.8 Å². The largest absolute Gasteiger partial charge is 0.476 e. The maximum absolute atomic E-state index is 13.6. The summed E-state index contributed by atoms with van der Waals surface area (Å²) in [5.74, 6) is -1.70. The van der Waals surface area contributed by atoms with E-state index in [2.05, 4.69) is 20.9 Å². The number of carboxylic acid groups (broad SMARTS) is 1. The van der Waals surface area contributed by atoms with Crippen LogP contribution in [0.2, 0.25) is 0 Å². The average molecular weight is 317 g/mol. The van der Waals surface area contributed by atoms with Crippen LogP contribution in [0.1, 0.15) is 10.5 Å². The second-order valence-electron chi connectivity index (χ2n) is 3.16. The first-order valence-electron chi connectivity index (χ1n) is 4.44. The molecular formula is C10H6BrFN2O2S. The minimum absolute atomic E-state index is 0.0646. The van der Waals surface area contributed by atoms with Crippen LogP contribution in [-0.4, -0.2) is 16.1 Å². The number of benzene rings is 1. The highest BCUT2D eigenvalue weighted by molar-refractivity contribution is 9.10. The molecule has 0 fully saturated rings. The zero-order valence-electron chi connectivity index (χ0n) is 8.28. The van der Waals surface area contributed by atoms with Crippen LogP contribution in [0.25, 0.3) is 10.6 Å². The van der Waals surface area contributed by atoms with Crippen LogP contribution < -0.4 is 5.73 Å². The van der Waals surface area contributed by atoms with Crippen molar-refractivity contribution in [2.75, 3.05) is 5.73 Å². The summed E-state index contributed by atoms with van der Waals surface area (Å²) in [6, 6.07) is 4.45. The molecule has 88 valence electrons. The molecule has 0 aliphatic carbocycles. The van der Waals surface area contributed by atoms with Crippen LogP contribution >= 0.6 is 27.3 Å². The van der Waals surface area contributed by atoms with Gasteiger partial charge in [-0.3, -0.25) is 0 Å². The number of hydrogen-bond donors (Lipinski definition) is 2. The summed E-state index contributed by atoms with van der Waals surface area (Å²) in [4.78, 5) is 14.6. The summed E-state index contributed by atoms with van der Waals surface area (Å²) < 4.78 is 14.2. The summed E-state index contributed by atoms with van der Waals surface area (Å²) in [6.45, 7) is 0. The van der Waals surface area contributed by atoms with Crippen LogP contribution in [0.15, 0.2) is 22.7 Å². The van der Waals surface area contributed by atoms with Crippen LogP contribution in [0.4, 0.5) is 9.39 Å². The third-order valence-corrected chi connectivity index (χ3v) is 3.43. The first-order valence-corrected chi connectivity index (χ1v) is 6.05. The van der Waals surface area contributed by atoms with Crippen molar-refractivity contribution >= 4 is 38.2 Å². The maximum Gasteiger partial charge on any atom is 0.357 e. The van der Waals surface area contributed by atoms with E-state index in [1.54, 1.807) is 6.07 Å². The molecule has 0 saturated carbocycles. The first kappa shape index (κ1) is 12.0. The molecule has 0 spiro atoms. The monoisotopic (exact) mass is 316 g/mol. The van der Waals surface area contributed by atoms with Gasteiger partial charge in [0.25, 0.3) is 0 Å². The summed E-state index contributed by atoms with van der Waals surface area (Å²) in [5.41, 5.74) is 5.49. The third-order valence-electron chi connectivity index (χ3n) is 2.02. The fraction of sp³-hybridized carbons (Fsp3) is 0. The number of carbonyl (C=O) groups is 1. The van der Waals surface area contributed by atoms with Crippen LogP contribution in [0, 0.1) is 5.82 Å². The van der Waals surface area contributed by atoms with Gasteiger partial charge in [-0.05, 0) is 18.2 Å². The van der Waals surface area contributed by atoms with Gasteiger partial charge >= 0.3 is 5.97 Å². The SMILES string of the molecule is Nc1sc(-c2ccc(Br)cc2F)nc1C(=O)O. The summed E-state index contributed by atoms with van der Waals surface area (Å²) in [7, 11) is 0. The Hall–Kier alpha value is -1.47.